The summed E-state index contributed by atoms with van der Waals surface area (Å²) in [6.45, 7) is 1.57. The Morgan fingerprint density at radius 2 is 2.21 bits per heavy atom. The summed E-state index contributed by atoms with van der Waals surface area (Å²) in [5.41, 5.74) is -1.16. The number of carbonyl (C=O) groups is 2. The van der Waals surface area contributed by atoms with Crippen LogP contribution < -0.4 is 5.32 Å². The number of nitrogens with one attached hydrogen (secondary N) is 1. The van der Waals surface area contributed by atoms with Crippen LogP contribution in [0.15, 0.2) is 22.0 Å². The molecule has 6 heteroatoms. The minimum Gasteiger partial charge on any atom is -0.480 e. The summed E-state index contributed by atoms with van der Waals surface area (Å²) < 4.78 is 0.987. The van der Waals surface area contributed by atoms with E-state index in [9.17, 15) is 14.7 Å². The van der Waals surface area contributed by atoms with Gasteiger partial charge in [-0.1, -0.05) is 0 Å². The third kappa shape index (κ3) is 3.45. The number of hydrogen-bond acceptors (Lipinski definition) is 3. The fourth-order valence-corrected chi connectivity index (χ4v) is 3.19. The van der Waals surface area contributed by atoms with Gasteiger partial charge in [0.25, 0.3) is 0 Å². The van der Waals surface area contributed by atoms with Crippen LogP contribution in [-0.4, -0.2) is 22.5 Å². The molecule has 0 radical (unpaired) electrons. The lowest BCUT2D eigenvalue weighted by atomic mass is 9.96. The fourth-order valence-electron chi connectivity index (χ4n) is 1.86. The zero-order chi connectivity index (χ0) is 14.0. The largest absolute Gasteiger partial charge is 0.480 e. The van der Waals surface area contributed by atoms with Crippen LogP contribution in [0.3, 0.4) is 0 Å². The second-order valence-corrected chi connectivity index (χ2v) is 7.24. The van der Waals surface area contributed by atoms with Crippen molar-refractivity contribution in [3.05, 3.63) is 26.9 Å². The molecule has 0 saturated heterocycles. The molecule has 0 spiro atoms. The van der Waals surface area contributed by atoms with E-state index in [4.69, 9.17) is 0 Å². The second kappa shape index (κ2) is 5.46. The number of carboxylic acids is 1. The van der Waals surface area contributed by atoms with Crippen molar-refractivity contribution in [1.82, 2.24) is 5.32 Å². The highest BCUT2D eigenvalue weighted by Gasteiger charge is 2.48. The maximum Gasteiger partial charge on any atom is 0.329 e. The molecule has 1 aliphatic carbocycles. The standard InChI is InChI=1S/C13H14BrNO3S/c1-13(12(17)18,8-2-3-8)15-11(16)7-5-9-4-6-10(14)19-9/h4-8H,2-3H2,1H3,(H,15,16)(H,17,18)/b7-5+. The third-order valence-corrected chi connectivity index (χ3v) is 4.80. The zero-order valence-electron chi connectivity index (χ0n) is 10.4. The lowest BCUT2D eigenvalue weighted by Crippen LogP contribution is -2.53. The number of rotatable bonds is 5. The van der Waals surface area contributed by atoms with E-state index in [1.807, 2.05) is 12.1 Å². The fraction of sp³-hybridized carbons (Fsp3) is 0.385. The maximum atomic E-state index is 11.8. The molecule has 0 bridgehead atoms. The Balaban J connectivity index is 2.00. The summed E-state index contributed by atoms with van der Waals surface area (Å²) in [7, 11) is 0. The molecule has 1 fully saturated rings. The van der Waals surface area contributed by atoms with E-state index in [0.717, 1.165) is 21.5 Å². The minimum absolute atomic E-state index is 0.0400. The Bertz CT molecular complexity index is 536. The molecule has 1 heterocycles. The van der Waals surface area contributed by atoms with Crippen LogP contribution in [-0.2, 0) is 9.59 Å². The number of thiophene rings is 1. The molecule has 0 aliphatic heterocycles. The van der Waals surface area contributed by atoms with E-state index in [1.54, 1.807) is 13.0 Å². The Kier molecular flexibility index (Phi) is 4.10. The molecule has 1 unspecified atom stereocenters. The van der Waals surface area contributed by atoms with Gasteiger partial charge in [-0.15, -0.1) is 11.3 Å². The number of carboxylic acid groups (broad SMARTS) is 1. The summed E-state index contributed by atoms with van der Waals surface area (Å²) in [5, 5.41) is 11.8. The predicted molar refractivity (Wildman–Crippen MR) is 78.0 cm³/mol. The molecule has 1 saturated carbocycles. The molecule has 1 aromatic heterocycles. The van der Waals surface area contributed by atoms with Crippen molar-refractivity contribution >= 4 is 45.2 Å². The zero-order valence-corrected chi connectivity index (χ0v) is 12.8. The molecule has 1 amide bonds. The van der Waals surface area contributed by atoms with E-state index < -0.39 is 11.5 Å². The van der Waals surface area contributed by atoms with E-state index in [1.165, 1.54) is 17.4 Å². The van der Waals surface area contributed by atoms with Crippen molar-refractivity contribution < 1.29 is 14.7 Å². The maximum absolute atomic E-state index is 11.8. The van der Waals surface area contributed by atoms with Gasteiger partial charge in [-0.25, -0.2) is 4.79 Å². The number of carbonyl (C=O) groups excluding carboxylic acids is 1. The minimum atomic E-state index is -1.16. The van der Waals surface area contributed by atoms with Gasteiger partial charge in [0.15, 0.2) is 0 Å². The Morgan fingerprint density at radius 3 is 2.68 bits per heavy atom. The van der Waals surface area contributed by atoms with Crippen LogP contribution in [0.4, 0.5) is 0 Å². The quantitative estimate of drug-likeness (QED) is 0.807. The van der Waals surface area contributed by atoms with Gasteiger partial charge in [0.1, 0.15) is 5.54 Å². The van der Waals surface area contributed by atoms with Gasteiger partial charge < -0.3 is 10.4 Å². The number of aliphatic carboxylic acids is 1. The normalized spacial score (nSPS) is 18.2. The molecular weight excluding hydrogens is 330 g/mol. The Hall–Kier alpha value is -1.14. The first-order valence-electron chi connectivity index (χ1n) is 5.91. The Labute approximate surface area is 123 Å². The SMILES string of the molecule is CC(NC(=O)/C=C/c1ccc(Br)s1)(C(=O)O)C1CC1. The first kappa shape index (κ1) is 14.3. The van der Waals surface area contributed by atoms with Crippen molar-refractivity contribution in [1.29, 1.82) is 0 Å². The summed E-state index contributed by atoms with van der Waals surface area (Å²) in [4.78, 5) is 24.0. The van der Waals surface area contributed by atoms with Gasteiger partial charge in [0, 0.05) is 11.0 Å². The van der Waals surface area contributed by atoms with Gasteiger partial charge in [-0.05, 0) is 59.8 Å². The van der Waals surface area contributed by atoms with Crippen LogP contribution in [0.25, 0.3) is 6.08 Å². The highest BCUT2D eigenvalue weighted by Crippen LogP contribution is 2.39. The summed E-state index contributed by atoms with van der Waals surface area (Å²) in [5.74, 6) is -1.31. The highest BCUT2D eigenvalue weighted by atomic mass is 79.9. The van der Waals surface area contributed by atoms with Crippen LogP contribution in [0.5, 0.6) is 0 Å². The summed E-state index contributed by atoms with van der Waals surface area (Å²) >= 11 is 4.85. The lowest BCUT2D eigenvalue weighted by molar-refractivity contribution is -0.147. The van der Waals surface area contributed by atoms with Crippen molar-refractivity contribution in [2.24, 2.45) is 5.92 Å². The molecule has 102 valence electrons. The van der Waals surface area contributed by atoms with Gasteiger partial charge in [0.2, 0.25) is 5.91 Å². The number of hydrogen-bond donors (Lipinski definition) is 2. The molecule has 2 N–H and O–H groups in total. The molecule has 1 aliphatic rings. The monoisotopic (exact) mass is 343 g/mol. The van der Waals surface area contributed by atoms with Crippen molar-refractivity contribution in [3.63, 3.8) is 0 Å². The molecule has 2 rings (SSSR count). The van der Waals surface area contributed by atoms with Gasteiger partial charge >= 0.3 is 5.97 Å². The summed E-state index contributed by atoms with van der Waals surface area (Å²) in [6, 6.07) is 3.78. The number of halogens is 1. The van der Waals surface area contributed by atoms with Crippen LogP contribution in [0.1, 0.15) is 24.6 Å². The van der Waals surface area contributed by atoms with E-state index in [2.05, 4.69) is 21.2 Å². The lowest BCUT2D eigenvalue weighted by Gasteiger charge is -2.25. The van der Waals surface area contributed by atoms with Crippen LogP contribution in [0, 0.1) is 5.92 Å². The van der Waals surface area contributed by atoms with E-state index >= 15 is 0 Å². The smallest absolute Gasteiger partial charge is 0.329 e. The summed E-state index contributed by atoms with van der Waals surface area (Å²) in [6.07, 6.45) is 4.76. The molecule has 1 atom stereocenters. The second-order valence-electron chi connectivity index (χ2n) is 4.75. The molecule has 19 heavy (non-hydrogen) atoms. The average molecular weight is 344 g/mol. The topological polar surface area (TPSA) is 66.4 Å². The highest BCUT2D eigenvalue weighted by molar-refractivity contribution is 9.11. The van der Waals surface area contributed by atoms with Crippen molar-refractivity contribution in [2.75, 3.05) is 0 Å². The average Bonchev–Trinajstić information content (AvgIpc) is 3.11. The van der Waals surface area contributed by atoms with Gasteiger partial charge in [-0.3, -0.25) is 4.79 Å². The van der Waals surface area contributed by atoms with E-state index in [0.29, 0.717) is 0 Å². The van der Waals surface area contributed by atoms with E-state index in [-0.39, 0.29) is 11.8 Å². The first-order valence-corrected chi connectivity index (χ1v) is 7.52. The molecule has 1 aromatic rings. The molecule has 0 aromatic carbocycles. The molecule has 4 nitrogen and oxygen atoms in total. The first-order chi connectivity index (χ1) is 8.91. The van der Waals surface area contributed by atoms with Crippen molar-refractivity contribution in [3.8, 4) is 0 Å². The molecular formula is C13H14BrNO3S. The predicted octanol–water partition coefficient (Wildman–Crippen LogP) is 2.89. The van der Waals surface area contributed by atoms with Crippen LogP contribution >= 0.6 is 27.3 Å². The van der Waals surface area contributed by atoms with Gasteiger partial charge in [0.05, 0.1) is 3.79 Å². The third-order valence-electron chi connectivity index (χ3n) is 3.21. The van der Waals surface area contributed by atoms with Crippen molar-refractivity contribution in [2.45, 2.75) is 25.3 Å². The van der Waals surface area contributed by atoms with Crippen LogP contribution in [0.2, 0.25) is 0 Å². The van der Waals surface area contributed by atoms with Gasteiger partial charge in [-0.2, -0.15) is 0 Å². The number of amides is 1. The Morgan fingerprint density at radius 1 is 1.53 bits per heavy atom.